The largest absolute Gasteiger partial charge is 0.508 e. The van der Waals surface area contributed by atoms with Crippen molar-refractivity contribution in [1.82, 2.24) is 0 Å². The Bertz CT molecular complexity index is 771. The van der Waals surface area contributed by atoms with Crippen LogP contribution in [0.25, 0.3) is 0 Å². The van der Waals surface area contributed by atoms with Crippen molar-refractivity contribution >= 4 is 19.7 Å². The Morgan fingerprint density at radius 1 is 1.00 bits per heavy atom. The van der Waals surface area contributed by atoms with E-state index in [9.17, 15) is 13.5 Å². The Morgan fingerprint density at radius 2 is 1.59 bits per heavy atom. The third-order valence-electron chi connectivity index (χ3n) is 3.28. The molecule has 22 heavy (non-hydrogen) atoms. The molecule has 0 aromatic heterocycles. The summed E-state index contributed by atoms with van der Waals surface area (Å²) < 4.78 is 25.2. The molecular formula is C17H20O3S2. The first-order chi connectivity index (χ1) is 10.1. The Morgan fingerprint density at radius 3 is 2.14 bits per heavy atom. The Hall–Kier alpha value is -1.46. The van der Waals surface area contributed by atoms with Crippen molar-refractivity contribution in [2.24, 2.45) is 0 Å². The molecule has 1 N–H and O–H groups in total. The van der Waals surface area contributed by atoms with Gasteiger partial charge in [-0.05, 0) is 48.2 Å². The van der Waals surface area contributed by atoms with Crippen LogP contribution in [0.4, 0.5) is 0 Å². The molecule has 0 bridgehead atoms. The molecule has 0 aliphatic rings. The molecule has 0 aliphatic carbocycles. The Kier molecular flexibility index (Phi) is 4.59. The zero-order chi connectivity index (χ0) is 16.5. The topological polar surface area (TPSA) is 54.4 Å². The van der Waals surface area contributed by atoms with Gasteiger partial charge < -0.3 is 5.11 Å². The fraction of sp³-hybridized carbons (Fsp3) is 0.294. The quantitative estimate of drug-likeness (QED) is 0.840. The van der Waals surface area contributed by atoms with Crippen LogP contribution in [-0.4, -0.2) is 13.5 Å². The van der Waals surface area contributed by atoms with Gasteiger partial charge in [0, 0.05) is 15.7 Å². The van der Waals surface area contributed by atoms with Crippen LogP contribution in [0.1, 0.15) is 31.9 Å². The van der Waals surface area contributed by atoms with Crippen LogP contribution >= 0.6 is 10.8 Å². The molecule has 0 heterocycles. The molecule has 118 valence electrons. The van der Waals surface area contributed by atoms with Gasteiger partial charge in [-0.15, -0.1) is 0 Å². The number of phenols is 1. The van der Waals surface area contributed by atoms with E-state index in [2.05, 4.69) is 0 Å². The van der Waals surface area contributed by atoms with Crippen molar-refractivity contribution in [1.29, 1.82) is 0 Å². The summed E-state index contributed by atoms with van der Waals surface area (Å²) in [6, 6.07) is 11.6. The minimum Gasteiger partial charge on any atom is -0.508 e. The van der Waals surface area contributed by atoms with E-state index in [1.807, 2.05) is 27.7 Å². The first-order valence-electron chi connectivity index (χ1n) is 6.94. The maximum absolute atomic E-state index is 12.6. The van der Waals surface area contributed by atoms with Gasteiger partial charge in [0.1, 0.15) is 5.75 Å². The fourth-order valence-electron chi connectivity index (χ4n) is 2.05. The summed E-state index contributed by atoms with van der Waals surface area (Å²) in [4.78, 5) is 0.932. The Labute approximate surface area is 135 Å². The van der Waals surface area contributed by atoms with E-state index in [4.69, 9.17) is 0 Å². The van der Waals surface area contributed by atoms with Crippen LogP contribution in [-0.2, 0) is 14.3 Å². The summed E-state index contributed by atoms with van der Waals surface area (Å²) in [5, 5.41) is 9.69. The first kappa shape index (κ1) is 16.9. The van der Waals surface area contributed by atoms with Crippen LogP contribution in [0.5, 0.6) is 5.75 Å². The van der Waals surface area contributed by atoms with Gasteiger partial charge in [0.05, 0.1) is 4.90 Å². The lowest BCUT2D eigenvalue weighted by molar-refractivity contribution is 0.469. The van der Waals surface area contributed by atoms with Crippen LogP contribution in [0, 0.1) is 6.92 Å². The molecule has 0 amide bonds. The highest BCUT2D eigenvalue weighted by Gasteiger charge is 2.24. The average molecular weight is 336 g/mol. The maximum atomic E-state index is 12.6. The van der Waals surface area contributed by atoms with Gasteiger partial charge in [-0.3, -0.25) is 0 Å². The van der Waals surface area contributed by atoms with E-state index in [0.717, 1.165) is 21.9 Å². The van der Waals surface area contributed by atoms with E-state index < -0.39 is 8.87 Å². The van der Waals surface area contributed by atoms with Crippen molar-refractivity contribution in [2.75, 3.05) is 0 Å². The first-order valence-corrected chi connectivity index (χ1v) is 9.76. The molecule has 0 spiro atoms. The zero-order valence-corrected chi connectivity index (χ0v) is 14.8. The summed E-state index contributed by atoms with van der Waals surface area (Å²) in [5.41, 5.74) is 1.57. The van der Waals surface area contributed by atoms with Crippen molar-refractivity contribution in [3.05, 3.63) is 53.6 Å². The summed E-state index contributed by atoms with van der Waals surface area (Å²) in [7, 11) is -2.66. The summed E-state index contributed by atoms with van der Waals surface area (Å²) in [6.07, 6.45) is 0. The van der Waals surface area contributed by atoms with Gasteiger partial charge >= 0.3 is 0 Å². The van der Waals surface area contributed by atoms with E-state index in [1.54, 1.807) is 36.4 Å². The van der Waals surface area contributed by atoms with E-state index >= 15 is 0 Å². The summed E-state index contributed by atoms with van der Waals surface area (Å²) >= 11 is 0. The molecule has 5 heteroatoms. The number of aryl methyl sites for hydroxylation is 1. The molecule has 0 aliphatic heterocycles. The van der Waals surface area contributed by atoms with Crippen LogP contribution in [0.3, 0.4) is 0 Å². The number of aromatic hydroxyl groups is 1. The SMILES string of the molecule is Cc1ccc(S(=O)(=O)Sc2ccc(O)cc2C(C)(C)C)cc1. The van der Waals surface area contributed by atoms with Crippen molar-refractivity contribution < 1.29 is 13.5 Å². The molecule has 0 fully saturated rings. The van der Waals surface area contributed by atoms with Crippen LogP contribution in [0.15, 0.2) is 52.3 Å². The molecule has 2 rings (SSSR count). The van der Waals surface area contributed by atoms with E-state index in [1.165, 1.54) is 6.07 Å². The predicted molar refractivity (Wildman–Crippen MR) is 91.0 cm³/mol. The van der Waals surface area contributed by atoms with Crippen LogP contribution in [0.2, 0.25) is 0 Å². The van der Waals surface area contributed by atoms with Crippen molar-refractivity contribution in [3.8, 4) is 5.75 Å². The molecular weight excluding hydrogens is 316 g/mol. The lowest BCUT2D eigenvalue weighted by Gasteiger charge is -2.22. The van der Waals surface area contributed by atoms with Gasteiger partial charge in [0.25, 0.3) is 0 Å². The molecule has 0 unspecified atom stereocenters. The molecule has 3 nitrogen and oxygen atoms in total. The number of hydrogen-bond donors (Lipinski definition) is 1. The van der Waals surface area contributed by atoms with Gasteiger partial charge in [-0.25, -0.2) is 8.42 Å². The summed E-state index contributed by atoms with van der Waals surface area (Å²) in [5.74, 6) is 0.141. The molecule has 2 aromatic rings. The van der Waals surface area contributed by atoms with Crippen molar-refractivity contribution in [3.63, 3.8) is 0 Å². The van der Waals surface area contributed by atoms with Crippen molar-refractivity contribution in [2.45, 2.75) is 42.9 Å². The smallest absolute Gasteiger partial charge is 0.234 e. The fourth-order valence-corrected chi connectivity index (χ4v) is 5.20. The Balaban J connectivity index is 2.44. The second-order valence-corrected chi connectivity index (χ2v) is 10.1. The highest BCUT2D eigenvalue weighted by Crippen LogP contribution is 2.39. The molecule has 0 saturated heterocycles. The lowest BCUT2D eigenvalue weighted by Crippen LogP contribution is -2.13. The molecule has 2 aromatic carbocycles. The van der Waals surface area contributed by atoms with Gasteiger partial charge in [0.15, 0.2) is 0 Å². The van der Waals surface area contributed by atoms with Crippen LogP contribution < -0.4 is 0 Å². The second-order valence-electron chi connectivity index (χ2n) is 6.28. The summed E-state index contributed by atoms with van der Waals surface area (Å²) in [6.45, 7) is 7.89. The number of phenolic OH excluding ortho intramolecular Hbond substituents is 1. The minimum atomic E-state index is -3.49. The molecule has 0 atom stereocenters. The third-order valence-corrected chi connectivity index (χ3v) is 6.66. The van der Waals surface area contributed by atoms with E-state index in [0.29, 0.717) is 4.90 Å². The van der Waals surface area contributed by atoms with E-state index in [-0.39, 0.29) is 16.1 Å². The normalized spacial score (nSPS) is 12.4. The minimum absolute atomic E-state index is 0.141. The highest BCUT2D eigenvalue weighted by molar-refractivity contribution is 8.72. The lowest BCUT2D eigenvalue weighted by atomic mass is 9.87. The highest BCUT2D eigenvalue weighted by atomic mass is 33.1. The molecule has 0 saturated carbocycles. The average Bonchev–Trinajstić information content (AvgIpc) is 2.40. The van der Waals surface area contributed by atoms with Gasteiger partial charge in [0.2, 0.25) is 8.87 Å². The zero-order valence-electron chi connectivity index (χ0n) is 13.1. The monoisotopic (exact) mass is 336 g/mol. The molecule has 0 radical (unpaired) electrons. The number of rotatable bonds is 3. The number of benzene rings is 2. The predicted octanol–water partition coefficient (Wildman–Crippen LogP) is 4.48. The maximum Gasteiger partial charge on any atom is 0.234 e. The van der Waals surface area contributed by atoms with Gasteiger partial charge in [-0.1, -0.05) is 38.5 Å². The number of hydrogen-bond acceptors (Lipinski definition) is 4. The second kappa shape index (κ2) is 5.97. The third kappa shape index (κ3) is 3.84. The standard InChI is InChI=1S/C17H20O3S2/c1-12-5-8-14(9-6-12)22(19,20)21-16-10-7-13(18)11-15(16)17(2,3)4/h5-11,18H,1-4H3. The van der Waals surface area contributed by atoms with Gasteiger partial charge in [-0.2, -0.15) is 0 Å².